The Bertz CT molecular complexity index is 303. The van der Waals surface area contributed by atoms with E-state index in [-0.39, 0.29) is 6.04 Å². The number of likely N-dealkylation sites (N-methyl/N-ethyl adjacent to an activating group) is 1. The van der Waals surface area contributed by atoms with Crippen molar-refractivity contribution in [2.75, 3.05) is 7.05 Å². The summed E-state index contributed by atoms with van der Waals surface area (Å²) < 4.78 is 25.6. The molecule has 0 aliphatic carbocycles. The van der Waals surface area contributed by atoms with Gasteiger partial charge in [0.25, 0.3) is 0 Å². The average molecular weight is 197 g/mol. The molecule has 1 nitrogen and oxygen atoms in total. The summed E-state index contributed by atoms with van der Waals surface area (Å²) in [6.07, 6.45) is 2.25. The summed E-state index contributed by atoms with van der Waals surface area (Å²) >= 11 is 0. The van der Waals surface area contributed by atoms with E-state index >= 15 is 0 Å². The third-order valence-corrected chi connectivity index (χ3v) is 2.03. The number of rotatable bonds is 4. The first kappa shape index (κ1) is 10.9. The first-order valence-corrected chi connectivity index (χ1v) is 4.40. The minimum atomic E-state index is -0.543. The number of hydrogen-bond donors (Lipinski definition) is 1. The van der Waals surface area contributed by atoms with Crippen molar-refractivity contribution in [3.8, 4) is 0 Å². The van der Waals surface area contributed by atoms with Gasteiger partial charge >= 0.3 is 0 Å². The smallest absolute Gasteiger partial charge is 0.126 e. The molecule has 0 aromatic heterocycles. The van der Waals surface area contributed by atoms with Gasteiger partial charge in [0, 0.05) is 12.1 Å². The Labute approximate surface area is 82.4 Å². The third kappa shape index (κ3) is 2.92. The monoisotopic (exact) mass is 197 g/mol. The van der Waals surface area contributed by atoms with E-state index in [1.165, 1.54) is 12.1 Å². The van der Waals surface area contributed by atoms with Crippen LogP contribution in [0.1, 0.15) is 5.56 Å². The van der Waals surface area contributed by atoms with Gasteiger partial charge in [0.1, 0.15) is 11.6 Å². The van der Waals surface area contributed by atoms with Crippen LogP contribution >= 0.6 is 0 Å². The zero-order valence-corrected chi connectivity index (χ0v) is 8.06. The van der Waals surface area contributed by atoms with Crippen molar-refractivity contribution in [2.45, 2.75) is 12.5 Å². The number of halogens is 2. The van der Waals surface area contributed by atoms with Crippen LogP contribution in [-0.2, 0) is 6.42 Å². The van der Waals surface area contributed by atoms with E-state index in [0.717, 1.165) is 6.07 Å². The number of nitrogens with one attached hydrogen (secondary N) is 1. The molecule has 3 heteroatoms. The van der Waals surface area contributed by atoms with Crippen molar-refractivity contribution >= 4 is 0 Å². The van der Waals surface area contributed by atoms with Crippen LogP contribution in [0.4, 0.5) is 8.78 Å². The zero-order valence-electron chi connectivity index (χ0n) is 8.06. The molecule has 0 heterocycles. The normalized spacial score (nSPS) is 12.5. The predicted octanol–water partition coefficient (Wildman–Crippen LogP) is 2.28. The maximum absolute atomic E-state index is 12.8. The molecule has 0 aliphatic heterocycles. The largest absolute Gasteiger partial charge is 0.313 e. The molecule has 1 unspecified atom stereocenters. The van der Waals surface area contributed by atoms with E-state index in [4.69, 9.17) is 0 Å². The van der Waals surface area contributed by atoms with Gasteiger partial charge in [-0.3, -0.25) is 0 Å². The van der Waals surface area contributed by atoms with Crippen LogP contribution in [0.15, 0.2) is 30.9 Å². The molecule has 14 heavy (non-hydrogen) atoms. The fourth-order valence-electron chi connectivity index (χ4n) is 1.29. The second-order valence-electron chi connectivity index (χ2n) is 3.11. The second kappa shape index (κ2) is 4.86. The lowest BCUT2D eigenvalue weighted by Crippen LogP contribution is -2.24. The van der Waals surface area contributed by atoms with Gasteiger partial charge in [0.15, 0.2) is 0 Å². The SMILES string of the molecule is C=CC(Cc1cc(F)cc(F)c1)NC. The minimum Gasteiger partial charge on any atom is -0.313 e. The summed E-state index contributed by atoms with van der Waals surface area (Å²) in [5.41, 5.74) is 0.627. The molecule has 0 aliphatic rings. The van der Waals surface area contributed by atoms with Crippen LogP contribution in [0.25, 0.3) is 0 Å². The lowest BCUT2D eigenvalue weighted by atomic mass is 10.1. The zero-order chi connectivity index (χ0) is 10.6. The molecule has 0 bridgehead atoms. The van der Waals surface area contributed by atoms with Gasteiger partial charge in [-0.1, -0.05) is 6.08 Å². The summed E-state index contributed by atoms with van der Waals surface area (Å²) in [7, 11) is 1.78. The van der Waals surface area contributed by atoms with Crippen molar-refractivity contribution < 1.29 is 8.78 Å². The first-order valence-electron chi connectivity index (χ1n) is 4.40. The van der Waals surface area contributed by atoms with Crippen LogP contribution in [0.2, 0.25) is 0 Å². The van der Waals surface area contributed by atoms with E-state index < -0.39 is 11.6 Å². The molecule has 1 atom stereocenters. The molecule has 0 amide bonds. The van der Waals surface area contributed by atoms with Gasteiger partial charge in [-0.15, -0.1) is 6.58 Å². The van der Waals surface area contributed by atoms with E-state index in [9.17, 15) is 8.78 Å². The Balaban J connectivity index is 2.80. The molecular weight excluding hydrogens is 184 g/mol. The molecule has 1 rings (SSSR count). The van der Waals surface area contributed by atoms with E-state index in [1.807, 2.05) is 0 Å². The van der Waals surface area contributed by atoms with Crippen LogP contribution in [0.3, 0.4) is 0 Å². The van der Waals surface area contributed by atoms with E-state index in [2.05, 4.69) is 11.9 Å². The summed E-state index contributed by atoms with van der Waals surface area (Å²) in [6, 6.07) is 3.57. The highest BCUT2D eigenvalue weighted by Gasteiger charge is 2.05. The molecule has 76 valence electrons. The highest BCUT2D eigenvalue weighted by molar-refractivity contribution is 5.19. The standard InChI is InChI=1S/C11H13F2N/c1-3-11(14-2)6-8-4-9(12)7-10(13)5-8/h3-5,7,11,14H,1,6H2,2H3. The molecule has 0 saturated heterocycles. The summed E-state index contributed by atoms with van der Waals surface area (Å²) in [4.78, 5) is 0. The van der Waals surface area contributed by atoms with Crippen molar-refractivity contribution in [3.05, 3.63) is 48.1 Å². The fourth-order valence-corrected chi connectivity index (χ4v) is 1.29. The minimum absolute atomic E-state index is 0.0381. The van der Waals surface area contributed by atoms with Crippen LogP contribution in [0.5, 0.6) is 0 Å². The topological polar surface area (TPSA) is 12.0 Å². The average Bonchev–Trinajstić information content (AvgIpc) is 2.12. The first-order chi connectivity index (χ1) is 6.65. The highest BCUT2D eigenvalue weighted by Crippen LogP contribution is 2.10. The maximum Gasteiger partial charge on any atom is 0.126 e. The lowest BCUT2D eigenvalue weighted by molar-refractivity contribution is 0.575. The van der Waals surface area contributed by atoms with Crippen LogP contribution < -0.4 is 5.32 Å². The molecular formula is C11H13F2N. The lowest BCUT2D eigenvalue weighted by Gasteiger charge is -2.10. The Morgan fingerprint density at radius 3 is 2.36 bits per heavy atom. The molecule has 0 radical (unpaired) electrons. The second-order valence-corrected chi connectivity index (χ2v) is 3.11. The van der Waals surface area contributed by atoms with Crippen molar-refractivity contribution in [3.63, 3.8) is 0 Å². The van der Waals surface area contributed by atoms with Gasteiger partial charge in [-0.25, -0.2) is 8.78 Å². The molecule has 0 spiro atoms. The Morgan fingerprint density at radius 2 is 1.93 bits per heavy atom. The number of hydrogen-bond acceptors (Lipinski definition) is 1. The molecule has 0 saturated carbocycles. The molecule has 0 fully saturated rings. The third-order valence-electron chi connectivity index (χ3n) is 2.03. The van der Waals surface area contributed by atoms with Gasteiger partial charge in [-0.2, -0.15) is 0 Å². The Morgan fingerprint density at radius 1 is 1.36 bits per heavy atom. The van der Waals surface area contributed by atoms with E-state index in [0.29, 0.717) is 12.0 Å². The van der Waals surface area contributed by atoms with Crippen molar-refractivity contribution in [2.24, 2.45) is 0 Å². The van der Waals surface area contributed by atoms with Gasteiger partial charge in [-0.05, 0) is 31.2 Å². The summed E-state index contributed by atoms with van der Waals surface area (Å²) in [6.45, 7) is 3.62. The fraction of sp³-hybridized carbons (Fsp3) is 0.273. The van der Waals surface area contributed by atoms with Gasteiger partial charge in [0.2, 0.25) is 0 Å². The number of benzene rings is 1. The van der Waals surface area contributed by atoms with Gasteiger partial charge in [0.05, 0.1) is 0 Å². The van der Waals surface area contributed by atoms with Crippen LogP contribution in [0, 0.1) is 11.6 Å². The quantitative estimate of drug-likeness (QED) is 0.730. The van der Waals surface area contributed by atoms with Crippen molar-refractivity contribution in [1.29, 1.82) is 0 Å². The van der Waals surface area contributed by atoms with Crippen LogP contribution in [-0.4, -0.2) is 13.1 Å². The highest BCUT2D eigenvalue weighted by atomic mass is 19.1. The van der Waals surface area contributed by atoms with E-state index in [1.54, 1.807) is 13.1 Å². The Kier molecular flexibility index (Phi) is 3.77. The Hall–Kier alpha value is -1.22. The predicted molar refractivity (Wildman–Crippen MR) is 53.1 cm³/mol. The summed E-state index contributed by atoms with van der Waals surface area (Å²) in [5, 5.41) is 2.98. The molecule has 1 N–H and O–H groups in total. The molecule has 1 aromatic rings. The summed E-state index contributed by atoms with van der Waals surface area (Å²) in [5.74, 6) is -1.09. The molecule has 1 aromatic carbocycles. The van der Waals surface area contributed by atoms with Gasteiger partial charge < -0.3 is 5.32 Å². The maximum atomic E-state index is 12.8. The van der Waals surface area contributed by atoms with Crippen molar-refractivity contribution in [1.82, 2.24) is 5.32 Å².